The van der Waals surface area contributed by atoms with Gasteiger partial charge in [-0.2, -0.15) is 0 Å². The minimum absolute atomic E-state index is 0.00687. The van der Waals surface area contributed by atoms with Gasteiger partial charge >= 0.3 is 5.97 Å². The molecule has 1 atom stereocenters. The second kappa shape index (κ2) is 36.2. The van der Waals surface area contributed by atoms with Crippen LogP contribution in [0.5, 0.6) is 0 Å². The lowest BCUT2D eigenvalue weighted by atomic mass is 10.1. The van der Waals surface area contributed by atoms with Crippen LogP contribution in [0.25, 0.3) is 10.4 Å². The number of nitrogens with two attached hydrogens (primary N) is 1. The van der Waals surface area contributed by atoms with Crippen LogP contribution < -0.4 is 16.4 Å². The van der Waals surface area contributed by atoms with Crippen LogP contribution in [-0.4, -0.2) is 167 Å². The number of hydrogen-bond donors (Lipinski definition) is 4. The number of nitrogens with one attached hydrogen (secondary N) is 2. The lowest BCUT2D eigenvalue weighted by Gasteiger charge is -2.09. The molecule has 0 aromatic heterocycles. The predicted octanol–water partition coefficient (Wildman–Crippen LogP) is -0.739. The molecule has 2 amide bonds. The van der Waals surface area contributed by atoms with Gasteiger partial charge in [0.25, 0.3) is 0 Å². The van der Waals surface area contributed by atoms with E-state index < -0.39 is 12.0 Å². The third-order valence-corrected chi connectivity index (χ3v) is 5.62. The maximum Gasteiger partial charge on any atom is 0.320 e. The molecule has 0 aliphatic heterocycles. The van der Waals surface area contributed by atoms with Gasteiger partial charge in [-0.3, -0.25) is 14.4 Å². The van der Waals surface area contributed by atoms with Gasteiger partial charge < -0.3 is 64.1 Å². The van der Waals surface area contributed by atoms with E-state index in [1.54, 1.807) is 0 Å². The molecule has 0 radical (unpaired) electrons. The smallest absolute Gasteiger partial charge is 0.320 e. The summed E-state index contributed by atoms with van der Waals surface area (Å²) < 4.78 is 48.5. The van der Waals surface area contributed by atoms with E-state index in [0.717, 1.165) is 0 Å². The summed E-state index contributed by atoms with van der Waals surface area (Å²) >= 11 is 0. The standard InChI is InChI=1S/C28H54N6O13/c29-25(28(37)38)1-2-26(35)31-4-5-32-27(36)3-7-39-9-11-41-13-15-43-17-19-45-21-23-47-24-22-46-20-18-44-16-14-42-12-10-40-8-6-33-34-30/h25H,1-24,29H2,(H,31,35)(H,32,36)(H,37,38)/t25-/m0/s1. The quantitative estimate of drug-likeness (QED) is 0.0273. The van der Waals surface area contributed by atoms with Gasteiger partial charge in [-0.05, 0) is 12.0 Å². The molecule has 5 N–H and O–H groups in total. The first-order valence-electron chi connectivity index (χ1n) is 15.7. The summed E-state index contributed by atoms with van der Waals surface area (Å²) in [7, 11) is 0. The average Bonchev–Trinajstić information content (AvgIpc) is 3.06. The van der Waals surface area contributed by atoms with E-state index in [9.17, 15) is 14.4 Å². The molecule has 0 heterocycles. The summed E-state index contributed by atoms with van der Waals surface area (Å²) in [4.78, 5) is 36.6. The molecule has 274 valence electrons. The van der Waals surface area contributed by atoms with Crippen molar-refractivity contribution in [2.75, 3.05) is 139 Å². The van der Waals surface area contributed by atoms with Crippen molar-refractivity contribution in [1.82, 2.24) is 10.6 Å². The number of azide groups is 1. The van der Waals surface area contributed by atoms with Crippen molar-refractivity contribution in [1.29, 1.82) is 0 Å². The van der Waals surface area contributed by atoms with Crippen molar-refractivity contribution in [3.63, 3.8) is 0 Å². The molecule has 0 aliphatic rings. The number of aliphatic carboxylic acids is 1. The van der Waals surface area contributed by atoms with Crippen molar-refractivity contribution in [3.8, 4) is 0 Å². The number of amides is 2. The van der Waals surface area contributed by atoms with Crippen LogP contribution in [0, 0.1) is 0 Å². The van der Waals surface area contributed by atoms with E-state index in [0.29, 0.717) is 119 Å². The molecular formula is C28H54N6O13. The number of nitrogens with zero attached hydrogens (tertiary/aromatic N) is 3. The Kier molecular flexibility index (Phi) is 34.1. The third-order valence-electron chi connectivity index (χ3n) is 5.62. The van der Waals surface area contributed by atoms with Gasteiger partial charge in [0.2, 0.25) is 11.8 Å². The van der Waals surface area contributed by atoms with E-state index in [4.69, 9.17) is 59.0 Å². The summed E-state index contributed by atoms with van der Waals surface area (Å²) in [5.41, 5.74) is 13.5. The van der Waals surface area contributed by atoms with Gasteiger partial charge in [-0.25, -0.2) is 0 Å². The minimum Gasteiger partial charge on any atom is -0.480 e. The van der Waals surface area contributed by atoms with Gasteiger partial charge in [0.05, 0.1) is 119 Å². The fourth-order valence-electron chi connectivity index (χ4n) is 3.17. The summed E-state index contributed by atoms with van der Waals surface area (Å²) in [5, 5.41) is 17.3. The zero-order chi connectivity index (χ0) is 34.5. The highest BCUT2D eigenvalue weighted by molar-refractivity contribution is 5.78. The molecule has 0 saturated heterocycles. The second-order valence-corrected chi connectivity index (χ2v) is 9.40. The maximum atomic E-state index is 11.8. The molecule has 0 saturated carbocycles. The van der Waals surface area contributed by atoms with E-state index in [2.05, 4.69) is 20.7 Å². The fourth-order valence-corrected chi connectivity index (χ4v) is 3.17. The zero-order valence-corrected chi connectivity index (χ0v) is 27.3. The third kappa shape index (κ3) is 36.0. The Labute approximate surface area is 275 Å². The largest absolute Gasteiger partial charge is 0.480 e. The van der Waals surface area contributed by atoms with Crippen LogP contribution in [0.15, 0.2) is 5.11 Å². The first-order chi connectivity index (χ1) is 23.0. The summed E-state index contributed by atoms with van der Waals surface area (Å²) in [6.45, 7) is 8.52. The number of carbonyl (C=O) groups is 3. The molecule has 19 nitrogen and oxygen atoms in total. The maximum absolute atomic E-state index is 11.8. The molecule has 0 spiro atoms. The number of rotatable bonds is 37. The molecule has 0 rings (SSSR count). The minimum atomic E-state index is -1.15. The monoisotopic (exact) mass is 682 g/mol. The number of carboxylic acids is 1. The number of hydrogen-bond acceptors (Lipinski definition) is 14. The molecule has 19 heteroatoms. The van der Waals surface area contributed by atoms with Gasteiger partial charge in [0.15, 0.2) is 0 Å². The second-order valence-electron chi connectivity index (χ2n) is 9.40. The van der Waals surface area contributed by atoms with Crippen molar-refractivity contribution >= 4 is 17.8 Å². The summed E-state index contributed by atoms with van der Waals surface area (Å²) in [6, 6.07) is -1.07. The zero-order valence-electron chi connectivity index (χ0n) is 27.3. The first-order valence-corrected chi connectivity index (χ1v) is 15.7. The van der Waals surface area contributed by atoms with Crippen LogP contribution in [0.4, 0.5) is 0 Å². The Hall–Kier alpha value is -2.68. The SMILES string of the molecule is [N-]=[N+]=NCCOCCOCCOCCOCCOCCOCCOCCOCCOCCC(=O)NCCNC(=O)CC[C@H](N)C(=O)O. The first kappa shape index (κ1) is 44.3. The Balaban J connectivity index is 3.20. The van der Waals surface area contributed by atoms with Crippen LogP contribution >= 0.6 is 0 Å². The topological polar surface area (TPSA) is 253 Å². The Morgan fingerprint density at radius 2 is 0.894 bits per heavy atom. The molecular weight excluding hydrogens is 628 g/mol. The van der Waals surface area contributed by atoms with Gasteiger partial charge in [0.1, 0.15) is 6.04 Å². The number of carboxylic acid groups (broad SMARTS) is 1. The highest BCUT2D eigenvalue weighted by atomic mass is 16.6. The fraction of sp³-hybridized carbons (Fsp3) is 0.893. The molecule has 0 bridgehead atoms. The van der Waals surface area contributed by atoms with Crippen LogP contribution in [-0.2, 0) is 57.0 Å². The van der Waals surface area contributed by atoms with Crippen LogP contribution in [0.3, 0.4) is 0 Å². The van der Waals surface area contributed by atoms with Gasteiger partial charge in [-0.1, -0.05) is 5.11 Å². The van der Waals surface area contributed by atoms with E-state index in [-0.39, 0.29) is 50.8 Å². The lowest BCUT2D eigenvalue weighted by molar-refractivity contribution is -0.138. The average molecular weight is 683 g/mol. The van der Waals surface area contributed by atoms with E-state index in [1.807, 2.05) is 0 Å². The number of carbonyl (C=O) groups excluding carboxylic acids is 2. The molecule has 47 heavy (non-hydrogen) atoms. The van der Waals surface area contributed by atoms with Crippen molar-refractivity contribution in [2.24, 2.45) is 10.8 Å². The molecule has 0 aromatic carbocycles. The van der Waals surface area contributed by atoms with Gasteiger partial charge in [-0.15, -0.1) is 0 Å². The van der Waals surface area contributed by atoms with Crippen molar-refractivity contribution in [3.05, 3.63) is 10.4 Å². The molecule has 0 aromatic rings. The van der Waals surface area contributed by atoms with E-state index in [1.165, 1.54) is 0 Å². The predicted molar refractivity (Wildman–Crippen MR) is 167 cm³/mol. The number of ether oxygens (including phenoxy) is 9. The molecule has 0 fully saturated rings. The molecule has 0 unspecified atom stereocenters. The van der Waals surface area contributed by atoms with Crippen molar-refractivity contribution in [2.45, 2.75) is 25.3 Å². The normalized spacial score (nSPS) is 11.6. The summed E-state index contributed by atoms with van der Waals surface area (Å²) in [5.74, 6) is -1.68. The molecule has 0 aliphatic carbocycles. The Bertz CT molecular complexity index is 809. The highest BCUT2D eigenvalue weighted by Crippen LogP contribution is 1.94. The van der Waals surface area contributed by atoms with Crippen LogP contribution in [0.2, 0.25) is 0 Å². The Morgan fingerprint density at radius 1 is 0.574 bits per heavy atom. The lowest BCUT2D eigenvalue weighted by Crippen LogP contribution is -2.36. The van der Waals surface area contributed by atoms with Crippen molar-refractivity contribution < 1.29 is 62.1 Å². The highest BCUT2D eigenvalue weighted by Gasteiger charge is 2.13. The van der Waals surface area contributed by atoms with E-state index >= 15 is 0 Å². The van der Waals surface area contributed by atoms with Crippen LogP contribution in [0.1, 0.15) is 19.3 Å². The summed E-state index contributed by atoms with van der Waals surface area (Å²) in [6.07, 6.45) is 0.235. The Morgan fingerprint density at radius 3 is 1.23 bits per heavy atom. The van der Waals surface area contributed by atoms with Gasteiger partial charge in [0, 0.05) is 37.4 Å².